The van der Waals surface area contributed by atoms with E-state index in [-0.39, 0.29) is 6.23 Å². The molecule has 2 heteroatoms. The zero-order chi connectivity index (χ0) is 4.41. The van der Waals surface area contributed by atoms with Crippen molar-refractivity contribution in [1.29, 1.82) is 0 Å². The molecule has 34 valence electrons. The van der Waals surface area contributed by atoms with E-state index in [1.165, 1.54) is 0 Å². The molecule has 0 aromatic heterocycles. The molecule has 0 fully saturated rings. The predicted molar refractivity (Wildman–Crippen MR) is 22.8 cm³/mol. The number of hydrogen-bond donors (Lipinski definition) is 1. The summed E-state index contributed by atoms with van der Waals surface area (Å²) >= 11 is 0. The van der Waals surface area contributed by atoms with Crippen molar-refractivity contribution in [1.82, 2.24) is 5.32 Å². The molecule has 0 bridgehead atoms. The van der Waals surface area contributed by atoms with E-state index in [0.29, 0.717) is 0 Å². The van der Waals surface area contributed by atoms with Crippen molar-refractivity contribution in [3.05, 3.63) is 12.5 Å². The smallest absolute Gasteiger partial charge is 0.165 e. The van der Waals surface area contributed by atoms with Crippen molar-refractivity contribution in [2.24, 2.45) is 0 Å². The summed E-state index contributed by atoms with van der Waals surface area (Å²) in [5.74, 6) is 0. The van der Waals surface area contributed by atoms with Crippen LogP contribution >= 0.6 is 0 Å². The monoisotopic (exact) mass is 85.1 g/mol. The summed E-state index contributed by atoms with van der Waals surface area (Å²) in [6, 6.07) is 0. The Morgan fingerprint density at radius 3 is 2.83 bits per heavy atom. The van der Waals surface area contributed by atoms with Gasteiger partial charge in [-0.1, -0.05) is 0 Å². The van der Waals surface area contributed by atoms with E-state index >= 15 is 0 Å². The lowest BCUT2D eigenvalue weighted by atomic mass is 10.7. The van der Waals surface area contributed by atoms with Gasteiger partial charge in [0.2, 0.25) is 0 Å². The second-order valence-electron chi connectivity index (χ2n) is 1.25. The van der Waals surface area contributed by atoms with Crippen LogP contribution in [-0.2, 0) is 4.74 Å². The molecule has 1 heterocycles. The van der Waals surface area contributed by atoms with E-state index in [9.17, 15) is 0 Å². The zero-order valence-electron chi connectivity index (χ0n) is 3.64. The molecule has 1 unspecified atom stereocenters. The molecule has 0 aliphatic carbocycles. The Labute approximate surface area is 36.8 Å². The van der Waals surface area contributed by atoms with E-state index in [1.54, 1.807) is 12.5 Å². The first-order valence-electron chi connectivity index (χ1n) is 1.96. The van der Waals surface area contributed by atoms with Gasteiger partial charge in [0.1, 0.15) is 6.26 Å². The van der Waals surface area contributed by atoms with E-state index in [4.69, 9.17) is 4.74 Å². The van der Waals surface area contributed by atoms with E-state index in [2.05, 4.69) is 5.32 Å². The molecule has 0 spiro atoms. The van der Waals surface area contributed by atoms with Crippen molar-refractivity contribution in [3.8, 4) is 0 Å². The number of hydrogen-bond acceptors (Lipinski definition) is 2. The minimum absolute atomic E-state index is 0.185. The second-order valence-corrected chi connectivity index (χ2v) is 1.25. The quantitative estimate of drug-likeness (QED) is 0.460. The standard InChI is InChI=1S/C4H7NO/c1-4-5-2-3-6-4/h2-5H,1H3. The lowest BCUT2D eigenvalue weighted by Crippen LogP contribution is -2.14. The normalized spacial score (nSPS) is 29.2. The fraction of sp³-hybridized carbons (Fsp3) is 0.500. The van der Waals surface area contributed by atoms with Crippen LogP contribution in [0.3, 0.4) is 0 Å². The molecule has 0 amide bonds. The summed E-state index contributed by atoms with van der Waals surface area (Å²) in [7, 11) is 0. The third kappa shape index (κ3) is 0.455. The molecular weight excluding hydrogens is 78.0 g/mol. The predicted octanol–water partition coefficient (Wildman–Crippen LogP) is 0.423. The van der Waals surface area contributed by atoms with Crippen LogP contribution in [0.2, 0.25) is 0 Å². The van der Waals surface area contributed by atoms with Crippen LogP contribution in [0.1, 0.15) is 6.92 Å². The minimum Gasteiger partial charge on any atom is -0.477 e. The highest BCUT2D eigenvalue weighted by Crippen LogP contribution is 1.91. The van der Waals surface area contributed by atoms with Crippen LogP contribution in [-0.4, -0.2) is 6.23 Å². The summed E-state index contributed by atoms with van der Waals surface area (Å²) in [6.07, 6.45) is 3.61. The van der Waals surface area contributed by atoms with Gasteiger partial charge in [0.25, 0.3) is 0 Å². The molecule has 6 heavy (non-hydrogen) atoms. The molecule has 0 saturated carbocycles. The van der Waals surface area contributed by atoms with E-state index in [1.807, 2.05) is 6.92 Å². The number of ether oxygens (including phenoxy) is 1. The molecule has 1 atom stereocenters. The van der Waals surface area contributed by atoms with Crippen molar-refractivity contribution in [3.63, 3.8) is 0 Å². The summed E-state index contributed by atoms with van der Waals surface area (Å²) in [5.41, 5.74) is 0. The van der Waals surface area contributed by atoms with Gasteiger partial charge in [0.15, 0.2) is 6.23 Å². The van der Waals surface area contributed by atoms with Crippen LogP contribution in [0.15, 0.2) is 12.5 Å². The summed E-state index contributed by atoms with van der Waals surface area (Å²) in [5, 5.41) is 2.92. The van der Waals surface area contributed by atoms with E-state index < -0.39 is 0 Å². The molecule has 0 aromatic carbocycles. The summed E-state index contributed by atoms with van der Waals surface area (Å²) < 4.78 is 4.86. The second kappa shape index (κ2) is 1.20. The minimum atomic E-state index is 0.185. The van der Waals surface area contributed by atoms with Gasteiger partial charge in [-0.05, 0) is 6.92 Å². The lowest BCUT2D eigenvalue weighted by Gasteiger charge is -1.99. The van der Waals surface area contributed by atoms with Crippen molar-refractivity contribution in [2.45, 2.75) is 13.2 Å². The van der Waals surface area contributed by atoms with Gasteiger partial charge >= 0.3 is 0 Å². The lowest BCUT2D eigenvalue weighted by molar-refractivity contribution is 0.171. The van der Waals surface area contributed by atoms with E-state index in [0.717, 1.165) is 0 Å². The van der Waals surface area contributed by atoms with Gasteiger partial charge in [0, 0.05) is 6.20 Å². The van der Waals surface area contributed by atoms with Gasteiger partial charge in [-0.15, -0.1) is 0 Å². The highest BCUT2D eigenvalue weighted by atomic mass is 16.5. The van der Waals surface area contributed by atoms with Crippen LogP contribution in [0.25, 0.3) is 0 Å². The fourth-order valence-electron chi connectivity index (χ4n) is 0.371. The van der Waals surface area contributed by atoms with Gasteiger partial charge in [-0.2, -0.15) is 0 Å². The van der Waals surface area contributed by atoms with Gasteiger partial charge in [0.05, 0.1) is 0 Å². The van der Waals surface area contributed by atoms with Crippen LogP contribution in [0.4, 0.5) is 0 Å². The van der Waals surface area contributed by atoms with Crippen molar-refractivity contribution < 1.29 is 4.74 Å². The zero-order valence-corrected chi connectivity index (χ0v) is 3.64. The average Bonchev–Trinajstić information content (AvgIpc) is 1.86. The molecule has 0 radical (unpaired) electrons. The van der Waals surface area contributed by atoms with Crippen LogP contribution in [0.5, 0.6) is 0 Å². The highest BCUT2D eigenvalue weighted by molar-refractivity contribution is 4.78. The van der Waals surface area contributed by atoms with Gasteiger partial charge in [-0.25, -0.2) is 0 Å². The van der Waals surface area contributed by atoms with Gasteiger partial charge in [-0.3, -0.25) is 0 Å². The molecule has 1 rings (SSSR count). The number of rotatable bonds is 0. The molecule has 2 nitrogen and oxygen atoms in total. The molecular formula is C4H7NO. The SMILES string of the molecule is CC1NC=CO1. The maximum Gasteiger partial charge on any atom is 0.165 e. The Morgan fingerprint density at radius 2 is 2.67 bits per heavy atom. The molecule has 1 aliphatic heterocycles. The highest BCUT2D eigenvalue weighted by Gasteiger charge is 1.97. The van der Waals surface area contributed by atoms with Crippen molar-refractivity contribution in [2.75, 3.05) is 0 Å². The third-order valence-electron chi connectivity index (χ3n) is 0.682. The maximum atomic E-state index is 4.86. The first kappa shape index (κ1) is 3.53. The average molecular weight is 85.1 g/mol. The number of nitrogens with one attached hydrogen (secondary N) is 1. The Bertz CT molecular complexity index is 61.9. The third-order valence-corrected chi connectivity index (χ3v) is 0.682. The summed E-state index contributed by atoms with van der Waals surface area (Å²) in [4.78, 5) is 0. The molecule has 0 saturated heterocycles. The largest absolute Gasteiger partial charge is 0.477 e. The summed E-state index contributed by atoms with van der Waals surface area (Å²) in [6.45, 7) is 1.94. The fourth-order valence-corrected chi connectivity index (χ4v) is 0.371. The first-order valence-corrected chi connectivity index (χ1v) is 1.96. The molecule has 1 aliphatic rings. The molecule has 1 N–H and O–H groups in total. The molecule has 0 aromatic rings. The Morgan fingerprint density at radius 1 is 1.83 bits per heavy atom. The Hall–Kier alpha value is -0.660. The first-order chi connectivity index (χ1) is 2.89. The van der Waals surface area contributed by atoms with Crippen LogP contribution in [0, 0.1) is 0 Å². The van der Waals surface area contributed by atoms with Crippen LogP contribution < -0.4 is 5.32 Å². The topological polar surface area (TPSA) is 21.3 Å². The Balaban J connectivity index is 2.32. The van der Waals surface area contributed by atoms with Gasteiger partial charge < -0.3 is 10.1 Å². The van der Waals surface area contributed by atoms with Crippen molar-refractivity contribution >= 4 is 0 Å². The maximum absolute atomic E-state index is 4.86. The Kier molecular flexibility index (Phi) is 0.708.